The van der Waals surface area contributed by atoms with Gasteiger partial charge in [0.25, 0.3) is 0 Å². The molecule has 0 saturated carbocycles. The number of phenolic OH excluding ortho intramolecular Hbond substituents is 1. The molecule has 2 aromatic carbocycles. The Morgan fingerprint density at radius 2 is 1.65 bits per heavy atom. The third-order valence-electron chi connectivity index (χ3n) is 3.95. The number of aromatic amines is 1. The number of pyridine rings is 1. The lowest BCUT2D eigenvalue weighted by atomic mass is 10.0. The number of esters is 2. The third kappa shape index (κ3) is 2.77. The van der Waals surface area contributed by atoms with E-state index in [0.717, 1.165) is 0 Å². The van der Waals surface area contributed by atoms with E-state index in [1.807, 2.05) is 0 Å². The van der Waals surface area contributed by atoms with E-state index in [2.05, 4.69) is 4.98 Å². The number of ether oxygens (including phenoxy) is 2. The van der Waals surface area contributed by atoms with Crippen LogP contribution in [-0.2, 0) is 9.47 Å². The maximum atomic E-state index is 12.9. The summed E-state index contributed by atoms with van der Waals surface area (Å²) in [6.07, 6.45) is 0. The van der Waals surface area contributed by atoms with Crippen molar-refractivity contribution in [1.82, 2.24) is 4.98 Å². The quantitative estimate of drug-likeness (QED) is 0.551. The van der Waals surface area contributed by atoms with Crippen molar-refractivity contribution >= 4 is 33.7 Å². The molecule has 26 heavy (non-hydrogen) atoms. The molecule has 0 atom stereocenters. The van der Waals surface area contributed by atoms with E-state index in [1.54, 1.807) is 38.1 Å². The van der Waals surface area contributed by atoms with Gasteiger partial charge in [-0.15, -0.1) is 0 Å². The van der Waals surface area contributed by atoms with Gasteiger partial charge in [0, 0.05) is 10.9 Å². The maximum Gasteiger partial charge on any atom is 0.341 e. The Morgan fingerprint density at radius 3 is 2.31 bits per heavy atom. The van der Waals surface area contributed by atoms with Crippen LogP contribution in [0.1, 0.15) is 34.6 Å². The summed E-state index contributed by atoms with van der Waals surface area (Å²) in [7, 11) is 0. The summed E-state index contributed by atoms with van der Waals surface area (Å²) in [6.45, 7) is 3.46. The number of carbonyl (C=O) groups excluding carboxylic acids is 2. The Labute approximate surface area is 148 Å². The van der Waals surface area contributed by atoms with E-state index in [4.69, 9.17) is 9.47 Å². The first-order chi connectivity index (χ1) is 12.5. The molecule has 0 amide bonds. The molecule has 2 N–H and O–H groups in total. The van der Waals surface area contributed by atoms with Crippen molar-refractivity contribution in [2.75, 3.05) is 13.2 Å². The minimum atomic E-state index is -0.829. The predicted octanol–water partition coefficient (Wildman–Crippen LogP) is 2.74. The number of hydrogen-bond acceptors (Lipinski definition) is 6. The summed E-state index contributed by atoms with van der Waals surface area (Å²) in [4.78, 5) is 40.4. The average molecular weight is 355 g/mol. The molecule has 0 saturated heterocycles. The number of para-hydroxylation sites is 1. The summed E-state index contributed by atoms with van der Waals surface area (Å²) in [6, 6.07) is 7.87. The number of carbonyl (C=O) groups is 2. The monoisotopic (exact) mass is 355 g/mol. The molecular weight excluding hydrogens is 338 g/mol. The molecule has 0 unspecified atom stereocenters. The van der Waals surface area contributed by atoms with Crippen molar-refractivity contribution in [3.05, 3.63) is 51.7 Å². The van der Waals surface area contributed by atoms with Gasteiger partial charge in [0.2, 0.25) is 5.43 Å². The van der Waals surface area contributed by atoms with Gasteiger partial charge in [0.1, 0.15) is 11.3 Å². The Bertz CT molecular complexity index is 1080. The molecule has 0 spiro atoms. The van der Waals surface area contributed by atoms with Crippen LogP contribution in [0.3, 0.4) is 0 Å². The standard InChI is InChI=1S/C19H17NO6/c1-3-25-18(23)11-9-12(19(24)26-4-2)17(22)14-15(11)20-13-8-6-5-7-10(13)16(14)21/h5-9,22H,3-4H2,1-2H3,(H,20,21). The van der Waals surface area contributed by atoms with Gasteiger partial charge < -0.3 is 19.6 Å². The SMILES string of the molecule is CCOC(=O)c1cc(C(=O)OCC)c2[nH]c3ccccc3c(=O)c2c1O. The smallest absolute Gasteiger partial charge is 0.341 e. The predicted molar refractivity (Wildman–Crippen MR) is 95.7 cm³/mol. The van der Waals surface area contributed by atoms with Gasteiger partial charge in [-0.05, 0) is 32.0 Å². The minimum Gasteiger partial charge on any atom is -0.506 e. The van der Waals surface area contributed by atoms with E-state index in [-0.39, 0.29) is 35.2 Å². The highest BCUT2D eigenvalue weighted by Gasteiger charge is 2.24. The molecule has 1 heterocycles. The second kappa shape index (κ2) is 6.87. The Morgan fingerprint density at radius 1 is 1.04 bits per heavy atom. The molecular formula is C19H17NO6. The molecule has 134 valence electrons. The van der Waals surface area contributed by atoms with Crippen molar-refractivity contribution in [2.45, 2.75) is 13.8 Å². The van der Waals surface area contributed by atoms with Gasteiger partial charge in [0.15, 0.2) is 0 Å². The van der Waals surface area contributed by atoms with Crippen molar-refractivity contribution in [3.8, 4) is 5.75 Å². The fourth-order valence-electron chi connectivity index (χ4n) is 2.82. The van der Waals surface area contributed by atoms with Crippen LogP contribution < -0.4 is 5.43 Å². The highest BCUT2D eigenvalue weighted by atomic mass is 16.5. The van der Waals surface area contributed by atoms with E-state index in [9.17, 15) is 19.5 Å². The van der Waals surface area contributed by atoms with Crippen LogP contribution in [0.5, 0.6) is 5.75 Å². The van der Waals surface area contributed by atoms with E-state index >= 15 is 0 Å². The van der Waals surface area contributed by atoms with Crippen molar-refractivity contribution < 1.29 is 24.2 Å². The van der Waals surface area contributed by atoms with Gasteiger partial charge in [-0.3, -0.25) is 4.79 Å². The average Bonchev–Trinajstić information content (AvgIpc) is 2.62. The minimum absolute atomic E-state index is 0.0226. The molecule has 1 aromatic heterocycles. The topological polar surface area (TPSA) is 106 Å². The Balaban J connectivity index is 2.46. The number of fused-ring (bicyclic) bond motifs is 2. The first kappa shape index (κ1) is 17.5. The van der Waals surface area contributed by atoms with Crippen LogP contribution in [0.25, 0.3) is 21.8 Å². The second-order valence-corrected chi connectivity index (χ2v) is 5.51. The summed E-state index contributed by atoms with van der Waals surface area (Å²) < 4.78 is 9.94. The molecule has 3 aromatic rings. The van der Waals surface area contributed by atoms with Crippen molar-refractivity contribution in [1.29, 1.82) is 0 Å². The fraction of sp³-hybridized carbons (Fsp3) is 0.211. The molecule has 0 bridgehead atoms. The zero-order valence-electron chi connectivity index (χ0n) is 14.3. The molecule has 0 aliphatic rings. The summed E-state index contributed by atoms with van der Waals surface area (Å²) in [5.41, 5.74) is -0.172. The first-order valence-corrected chi connectivity index (χ1v) is 8.14. The highest BCUT2D eigenvalue weighted by molar-refractivity contribution is 6.11. The van der Waals surface area contributed by atoms with Crippen LogP contribution in [0.15, 0.2) is 35.1 Å². The summed E-state index contributed by atoms with van der Waals surface area (Å²) in [5.74, 6) is -2.07. The summed E-state index contributed by atoms with van der Waals surface area (Å²) >= 11 is 0. The molecule has 0 aliphatic carbocycles. The van der Waals surface area contributed by atoms with Crippen LogP contribution in [0, 0.1) is 0 Å². The zero-order valence-corrected chi connectivity index (χ0v) is 14.3. The molecule has 0 radical (unpaired) electrons. The maximum absolute atomic E-state index is 12.9. The highest BCUT2D eigenvalue weighted by Crippen LogP contribution is 2.31. The molecule has 7 nitrogen and oxygen atoms in total. The first-order valence-electron chi connectivity index (χ1n) is 8.14. The number of benzene rings is 2. The Hall–Kier alpha value is -3.35. The number of aromatic hydroxyl groups is 1. The van der Waals surface area contributed by atoms with Crippen LogP contribution in [-0.4, -0.2) is 35.2 Å². The van der Waals surface area contributed by atoms with Gasteiger partial charge >= 0.3 is 11.9 Å². The lowest BCUT2D eigenvalue weighted by Gasteiger charge is -2.12. The molecule has 3 rings (SSSR count). The Kier molecular flexibility index (Phi) is 4.62. The number of aromatic nitrogens is 1. The number of phenols is 1. The fourth-order valence-corrected chi connectivity index (χ4v) is 2.82. The third-order valence-corrected chi connectivity index (χ3v) is 3.95. The van der Waals surface area contributed by atoms with Gasteiger partial charge in [-0.1, -0.05) is 12.1 Å². The molecule has 0 aliphatic heterocycles. The zero-order chi connectivity index (χ0) is 18.8. The second-order valence-electron chi connectivity index (χ2n) is 5.51. The lowest BCUT2D eigenvalue weighted by Crippen LogP contribution is -2.14. The van der Waals surface area contributed by atoms with Gasteiger partial charge in [-0.25, -0.2) is 9.59 Å². The molecule has 7 heteroatoms. The molecule has 0 fully saturated rings. The largest absolute Gasteiger partial charge is 0.506 e. The van der Waals surface area contributed by atoms with Crippen LogP contribution in [0.4, 0.5) is 0 Å². The number of rotatable bonds is 4. The number of nitrogens with one attached hydrogen (secondary N) is 1. The van der Waals surface area contributed by atoms with Crippen molar-refractivity contribution in [2.24, 2.45) is 0 Å². The normalized spacial score (nSPS) is 10.8. The number of hydrogen-bond donors (Lipinski definition) is 2. The van der Waals surface area contributed by atoms with E-state index in [1.165, 1.54) is 6.07 Å². The van der Waals surface area contributed by atoms with Crippen LogP contribution >= 0.6 is 0 Å². The van der Waals surface area contributed by atoms with Crippen molar-refractivity contribution in [3.63, 3.8) is 0 Å². The van der Waals surface area contributed by atoms with E-state index in [0.29, 0.717) is 10.9 Å². The van der Waals surface area contributed by atoms with E-state index < -0.39 is 23.1 Å². The lowest BCUT2D eigenvalue weighted by molar-refractivity contribution is 0.0523. The number of H-pyrrole nitrogens is 1. The van der Waals surface area contributed by atoms with Crippen LogP contribution in [0.2, 0.25) is 0 Å². The van der Waals surface area contributed by atoms with Gasteiger partial charge in [-0.2, -0.15) is 0 Å². The van der Waals surface area contributed by atoms with Gasteiger partial charge in [0.05, 0.1) is 29.7 Å². The summed E-state index contributed by atoms with van der Waals surface area (Å²) in [5, 5.41) is 10.7.